The standard InChI is InChI=1S/C13H16ClNO3/c1-8-4-2-3-5-11(8)18-12-10(14)6-9(7-15-12)13(16)17/h6-8,11H,2-5H2,1H3,(H,16,17). The molecule has 1 aromatic heterocycles. The largest absolute Gasteiger partial charge is 0.478 e. The van der Waals surface area contributed by atoms with Crippen LogP contribution in [-0.2, 0) is 0 Å². The molecule has 1 heterocycles. The lowest BCUT2D eigenvalue weighted by molar-refractivity contribution is 0.0695. The summed E-state index contributed by atoms with van der Waals surface area (Å²) in [5.41, 5.74) is 0.0732. The Morgan fingerprint density at radius 3 is 2.83 bits per heavy atom. The molecule has 2 rings (SSSR count). The Hall–Kier alpha value is -1.29. The number of carboxylic acid groups (broad SMARTS) is 1. The highest BCUT2D eigenvalue weighted by molar-refractivity contribution is 6.32. The van der Waals surface area contributed by atoms with E-state index in [4.69, 9.17) is 21.4 Å². The first-order valence-corrected chi connectivity index (χ1v) is 6.51. The third kappa shape index (κ3) is 2.93. The molecule has 1 fully saturated rings. The van der Waals surface area contributed by atoms with Crippen molar-refractivity contribution in [1.29, 1.82) is 0 Å². The van der Waals surface area contributed by atoms with Gasteiger partial charge in [-0.1, -0.05) is 24.9 Å². The van der Waals surface area contributed by atoms with Gasteiger partial charge in [-0.15, -0.1) is 0 Å². The summed E-state index contributed by atoms with van der Waals surface area (Å²) in [4.78, 5) is 14.8. The van der Waals surface area contributed by atoms with Gasteiger partial charge in [0.05, 0.1) is 5.56 Å². The maximum atomic E-state index is 10.8. The Morgan fingerprint density at radius 2 is 2.22 bits per heavy atom. The summed E-state index contributed by atoms with van der Waals surface area (Å²) in [7, 11) is 0. The minimum Gasteiger partial charge on any atom is -0.478 e. The van der Waals surface area contributed by atoms with E-state index < -0.39 is 5.97 Å². The molecule has 0 amide bonds. The summed E-state index contributed by atoms with van der Waals surface area (Å²) in [6, 6.07) is 1.37. The number of pyridine rings is 1. The van der Waals surface area contributed by atoms with Crippen LogP contribution >= 0.6 is 11.6 Å². The van der Waals surface area contributed by atoms with Gasteiger partial charge < -0.3 is 9.84 Å². The zero-order valence-corrected chi connectivity index (χ0v) is 11.0. The van der Waals surface area contributed by atoms with E-state index in [1.165, 1.54) is 18.7 Å². The molecule has 18 heavy (non-hydrogen) atoms. The highest BCUT2D eigenvalue weighted by Crippen LogP contribution is 2.30. The SMILES string of the molecule is CC1CCCCC1Oc1ncc(C(=O)O)cc1Cl. The molecule has 0 aliphatic heterocycles. The molecule has 1 N–H and O–H groups in total. The number of nitrogens with zero attached hydrogens (tertiary/aromatic N) is 1. The molecule has 1 aliphatic rings. The van der Waals surface area contributed by atoms with E-state index in [0.717, 1.165) is 19.3 Å². The van der Waals surface area contributed by atoms with Crippen LogP contribution in [0.25, 0.3) is 0 Å². The minimum atomic E-state index is -1.04. The number of hydrogen-bond acceptors (Lipinski definition) is 3. The zero-order valence-electron chi connectivity index (χ0n) is 10.2. The fraction of sp³-hybridized carbons (Fsp3) is 0.538. The molecule has 0 bridgehead atoms. The number of aromatic nitrogens is 1. The Labute approximate surface area is 111 Å². The van der Waals surface area contributed by atoms with Crippen LogP contribution in [-0.4, -0.2) is 22.2 Å². The molecule has 0 aromatic carbocycles. The number of rotatable bonds is 3. The van der Waals surface area contributed by atoms with Crippen LogP contribution < -0.4 is 4.74 Å². The van der Waals surface area contributed by atoms with Crippen molar-refractivity contribution in [3.05, 3.63) is 22.8 Å². The lowest BCUT2D eigenvalue weighted by atomic mass is 9.88. The van der Waals surface area contributed by atoms with Crippen molar-refractivity contribution >= 4 is 17.6 Å². The van der Waals surface area contributed by atoms with Gasteiger partial charge in [-0.25, -0.2) is 9.78 Å². The molecular weight excluding hydrogens is 254 g/mol. The lowest BCUT2D eigenvalue weighted by Crippen LogP contribution is -2.28. The van der Waals surface area contributed by atoms with Crippen molar-refractivity contribution in [1.82, 2.24) is 4.98 Å². The fourth-order valence-electron chi connectivity index (χ4n) is 2.23. The van der Waals surface area contributed by atoms with Gasteiger partial charge in [-0.2, -0.15) is 0 Å². The molecule has 0 spiro atoms. The fourth-order valence-corrected chi connectivity index (χ4v) is 2.44. The Balaban J connectivity index is 2.11. The summed E-state index contributed by atoms with van der Waals surface area (Å²) in [6.45, 7) is 2.16. The van der Waals surface area contributed by atoms with E-state index in [-0.39, 0.29) is 16.7 Å². The van der Waals surface area contributed by atoms with Crippen molar-refractivity contribution in [2.45, 2.75) is 38.7 Å². The monoisotopic (exact) mass is 269 g/mol. The summed E-state index contributed by atoms with van der Waals surface area (Å²) in [5.74, 6) is -0.224. The molecule has 5 heteroatoms. The predicted octanol–water partition coefficient (Wildman–Crippen LogP) is 3.39. The molecule has 1 aromatic rings. The lowest BCUT2D eigenvalue weighted by Gasteiger charge is -2.29. The van der Waals surface area contributed by atoms with Gasteiger partial charge in [0.15, 0.2) is 0 Å². The molecule has 0 saturated heterocycles. The van der Waals surface area contributed by atoms with E-state index in [9.17, 15) is 4.79 Å². The van der Waals surface area contributed by atoms with Gasteiger partial charge >= 0.3 is 5.97 Å². The second kappa shape index (κ2) is 5.57. The molecule has 1 aliphatic carbocycles. The van der Waals surface area contributed by atoms with Gasteiger partial charge in [-0.05, 0) is 31.2 Å². The van der Waals surface area contributed by atoms with Crippen LogP contribution in [0.1, 0.15) is 43.0 Å². The smallest absolute Gasteiger partial charge is 0.337 e. The number of carbonyl (C=O) groups is 1. The zero-order chi connectivity index (χ0) is 13.1. The van der Waals surface area contributed by atoms with Gasteiger partial charge in [0, 0.05) is 6.20 Å². The normalized spacial score (nSPS) is 23.7. The Bertz CT molecular complexity index is 450. The third-order valence-electron chi connectivity index (χ3n) is 3.35. The molecule has 4 nitrogen and oxygen atoms in total. The van der Waals surface area contributed by atoms with Crippen molar-refractivity contribution < 1.29 is 14.6 Å². The summed E-state index contributed by atoms with van der Waals surface area (Å²) < 4.78 is 5.80. The Kier molecular flexibility index (Phi) is 4.07. The second-order valence-electron chi connectivity index (χ2n) is 4.73. The number of ether oxygens (including phenoxy) is 1. The molecule has 2 unspecified atom stereocenters. The van der Waals surface area contributed by atoms with Crippen molar-refractivity contribution in [3.63, 3.8) is 0 Å². The van der Waals surface area contributed by atoms with Crippen molar-refractivity contribution in [2.24, 2.45) is 5.92 Å². The van der Waals surface area contributed by atoms with Gasteiger partial charge in [-0.3, -0.25) is 0 Å². The summed E-state index contributed by atoms with van der Waals surface area (Å²) in [6.07, 6.45) is 5.94. The first-order chi connectivity index (χ1) is 8.58. The Morgan fingerprint density at radius 1 is 1.50 bits per heavy atom. The number of aromatic carboxylic acids is 1. The first-order valence-electron chi connectivity index (χ1n) is 6.13. The van der Waals surface area contributed by atoms with Crippen LogP contribution in [0.3, 0.4) is 0 Å². The quantitative estimate of drug-likeness (QED) is 0.914. The predicted molar refractivity (Wildman–Crippen MR) is 68.3 cm³/mol. The number of hydrogen-bond donors (Lipinski definition) is 1. The third-order valence-corrected chi connectivity index (χ3v) is 3.62. The van der Waals surface area contributed by atoms with Gasteiger partial charge in [0.2, 0.25) is 5.88 Å². The molecular formula is C13H16ClNO3. The topological polar surface area (TPSA) is 59.4 Å². The van der Waals surface area contributed by atoms with Gasteiger partial charge in [0.25, 0.3) is 0 Å². The van der Waals surface area contributed by atoms with Crippen LogP contribution in [0.2, 0.25) is 5.02 Å². The molecule has 98 valence electrons. The first kappa shape index (κ1) is 13.1. The van der Waals surface area contributed by atoms with E-state index in [0.29, 0.717) is 11.8 Å². The highest BCUT2D eigenvalue weighted by atomic mass is 35.5. The highest BCUT2D eigenvalue weighted by Gasteiger charge is 2.24. The average molecular weight is 270 g/mol. The number of carboxylic acids is 1. The average Bonchev–Trinajstić information content (AvgIpc) is 2.34. The molecule has 1 saturated carbocycles. The maximum absolute atomic E-state index is 10.8. The van der Waals surface area contributed by atoms with E-state index in [1.54, 1.807) is 0 Å². The van der Waals surface area contributed by atoms with Crippen LogP contribution in [0.4, 0.5) is 0 Å². The van der Waals surface area contributed by atoms with E-state index >= 15 is 0 Å². The second-order valence-corrected chi connectivity index (χ2v) is 5.14. The minimum absolute atomic E-state index is 0.0732. The molecule has 2 atom stereocenters. The van der Waals surface area contributed by atoms with Crippen LogP contribution in [0.15, 0.2) is 12.3 Å². The molecule has 0 radical (unpaired) electrons. The van der Waals surface area contributed by atoms with E-state index in [1.807, 2.05) is 0 Å². The van der Waals surface area contributed by atoms with Crippen LogP contribution in [0, 0.1) is 5.92 Å². The summed E-state index contributed by atoms with van der Waals surface area (Å²) >= 11 is 5.99. The summed E-state index contributed by atoms with van der Waals surface area (Å²) in [5, 5.41) is 9.08. The van der Waals surface area contributed by atoms with E-state index in [2.05, 4.69) is 11.9 Å². The maximum Gasteiger partial charge on any atom is 0.337 e. The van der Waals surface area contributed by atoms with Crippen molar-refractivity contribution in [2.75, 3.05) is 0 Å². The van der Waals surface area contributed by atoms with Crippen molar-refractivity contribution in [3.8, 4) is 5.88 Å². The van der Waals surface area contributed by atoms with Gasteiger partial charge in [0.1, 0.15) is 11.1 Å². The van der Waals surface area contributed by atoms with Crippen LogP contribution in [0.5, 0.6) is 5.88 Å². The number of halogens is 1.